The molecule has 0 radical (unpaired) electrons. The van der Waals surface area contributed by atoms with Gasteiger partial charge in [-0.25, -0.2) is 4.98 Å². The lowest BCUT2D eigenvalue weighted by atomic mass is 10.1. The van der Waals surface area contributed by atoms with E-state index in [1.54, 1.807) is 39.8 Å². The highest BCUT2D eigenvalue weighted by Gasteiger charge is 2.33. The van der Waals surface area contributed by atoms with E-state index in [4.69, 9.17) is 0 Å². The van der Waals surface area contributed by atoms with Crippen molar-refractivity contribution in [3.63, 3.8) is 0 Å². The molecule has 4 N–H and O–H groups in total. The Morgan fingerprint density at radius 2 is 1.31 bits per heavy atom. The summed E-state index contributed by atoms with van der Waals surface area (Å²) in [6, 6.07) is 4.31. The van der Waals surface area contributed by atoms with Crippen LogP contribution in [-0.2, 0) is 19.3 Å². The maximum Gasteiger partial charge on any atom is 0.433 e. The number of hydrogen-bond donors (Lipinski definition) is 4. The lowest BCUT2D eigenvalue weighted by molar-refractivity contribution is -0.141. The number of anilines is 2. The van der Waals surface area contributed by atoms with Gasteiger partial charge in [-0.15, -0.1) is 0 Å². The second-order valence-corrected chi connectivity index (χ2v) is 7.55. The van der Waals surface area contributed by atoms with Gasteiger partial charge < -0.3 is 20.6 Å². The summed E-state index contributed by atoms with van der Waals surface area (Å²) in [5.41, 5.74) is 1.70. The molecule has 0 aliphatic heterocycles. The van der Waals surface area contributed by atoms with E-state index in [2.05, 4.69) is 30.6 Å². The lowest BCUT2D eigenvalue weighted by Gasteiger charge is -2.14. The summed E-state index contributed by atoms with van der Waals surface area (Å²) in [5.74, 6) is -0.403. The van der Waals surface area contributed by atoms with Gasteiger partial charge in [-0.3, -0.25) is 9.59 Å². The van der Waals surface area contributed by atoms with E-state index in [-0.39, 0.29) is 36.0 Å². The number of halogens is 3. The normalized spacial score (nSPS) is 11.5. The number of nitrogens with one attached hydrogen (secondary N) is 4. The Labute approximate surface area is 181 Å². The van der Waals surface area contributed by atoms with Gasteiger partial charge in [-0.1, -0.05) is 0 Å². The van der Waals surface area contributed by atoms with Crippen LogP contribution < -0.4 is 21.8 Å². The van der Waals surface area contributed by atoms with Crippen LogP contribution in [0.1, 0.15) is 39.3 Å². The van der Waals surface area contributed by atoms with Crippen molar-refractivity contribution in [3.05, 3.63) is 78.2 Å². The summed E-state index contributed by atoms with van der Waals surface area (Å²) in [6.07, 6.45) is -4.70. The molecule has 3 aromatic rings. The van der Waals surface area contributed by atoms with Crippen molar-refractivity contribution in [3.8, 4) is 0 Å². The molecule has 0 aliphatic rings. The first-order valence-electron chi connectivity index (χ1n) is 9.77. The molecule has 3 rings (SSSR count). The molecular weight excluding hydrogens is 425 g/mol. The summed E-state index contributed by atoms with van der Waals surface area (Å²) in [6.45, 7) is 6.88. The number of alkyl halides is 3. The van der Waals surface area contributed by atoms with Crippen LogP contribution in [0.5, 0.6) is 0 Å². The monoisotopic (exact) mass is 448 g/mol. The molecule has 3 aromatic heterocycles. The minimum absolute atomic E-state index is 0.0219. The number of H-pyrrole nitrogens is 2. The summed E-state index contributed by atoms with van der Waals surface area (Å²) in [5, 5.41) is 5.46. The molecule has 0 fully saturated rings. The van der Waals surface area contributed by atoms with Crippen molar-refractivity contribution in [1.29, 1.82) is 0 Å². The van der Waals surface area contributed by atoms with Crippen molar-refractivity contribution >= 4 is 11.8 Å². The third-order valence-corrected chi connectivity index (χ3v) is 4.87. The number of aromatic amines is 2. The minimum Gasteiger partial charge on any atom is -0.366 e. The summed E-state index contributed by atoms with van der Waals surface area (Å²) in [7, 11) is 0. The zero-order valence-corrected chi connectivity index (χ0v) is 18.0. The van der Waals surface area contributed by atoms with Crippen molar-refractivity contribution in [1.82, 2.24) is 19.9 Å². The highest BCUT2D eigenvalue weighted by atomic mass is 19.4. The molecule has 0 unspecified atom stereocenters. The van der Waals surface area contributed by atoms with Crippen molar-refractivity contribution in [2.45, 2.75) is 47.0 Å². The molecule has 0 amide bonds. The van der Waals surface area contributed by atoms with E-state index < -0.39 is 11.9 Å². The van der Waals surface area contributed by atoms with Crippen LogP contribution in [0.15, 0.2) is 27.8 Å². The molecule has 0 aromatic carbocycles. The fourth-order valence-electron chi connectivity index (χ4n) is 3.31. The zero-order chi connectivity index (χ0) is 23.6. The highest BCUT2D eigenvalue weighted by Crippen LogP contribution is 2.30. The Bertz CT molecular complexity index is 1180. The minimum atomic E-state index is -4.70. The highest BCUT2D eigenvalue weighted by molar-refractivity contribution is 5.44. The number of aryl methyl sites for hydroxylation is 4. The maximum atomic E-state index is 13.4. The van der Waals surface area contributed by atoms with Crippen molar-refractivity contribution in [2.24, 2.45) is 0 Å². The number of hydrogen-bond acceptors (Lipinski definition) is 6. The number of nitrogens with zero attached hydrogens (tertiary/aromatic N) is 2. The molecular formula is C21H23F3N6O2. The third-order valence-electron chi connectivity index (χ3n) is 4.87. The van der Waals surface area contributed by atoms with Crippen LogP contribution in [0.2, 0.25) is 0 Å². The molecule has 0 saturated carbocycles. The molecule has 0 saturated heterocycles. The van der Waals surface area contributed by atoms with Gasteiger partial charge in [0.1, 0.15) is 5.82 Å². The molecule has 11 heteroatoms. The standard InChI is InChI=1S/C21H23F3N6O2/c1-10-5-12(3)27-18(31)14(10)8-25-17-7-16(21(22,23)24)29-20(30-17)26-9-15-11(2)6-13(4)28-19(15)32/h5-7H,8-9H2,1-4H3,(H,27,31)(H,28,32)(H2,25,26,29,30). The predicted octanol–water partition coefficient (Wildman–Crippen LogP) is 3.33. The Morgan fingerprint density at radius 3 is 1.78 bits per heavy atom. The summed E-state index contributed by atoms with van der Waals surface area (Å²) >= 11 is 0. The average molecular weight is 448 g/mol. The molecule has 32 heavy (non-hydrogen) atoms. The maximum absolute atomic E-state index is 13.4. The molecule has 0 bridgehead atoms. The fourth-order valence-corrected chi connectivity index (χ4v) is 3.31. The van der Waals surface area contributed by atoms with Gasteiger partial charge in [0.2, 0.25) is 5.95 Å². The second kappa shape index (κ2) is 8.85. The SMILES string of the molecule is Cc1cc(C)c(CNc2cc(C(F)(F)F)nc(NCc3c(C)cc(C)[nH]c3=O)n2)c(=O)[nH]1. The van der Waals surface area contributed by atoms with E-state index in [1.165, 1.54) is 0 Å². The Kier molecular flexibility index (Phi) is 6.37. The number of rotatable bonds is 6. The average Bonchev–Trinajstić information content (AvgIpc) is 2.65. The number of aromatic nitrogens is 4. The second-order valence-electron chi connectivity index (χ2n) is 7.55. The van der Waals surface area contributed by atoms with Crippen LogP contribution in [0.3, 0.4) is 0 Å². The van der Waals surface area contributed by atoms with Gasteiger partial charge in [-0.2, -0.15) is 18.2 Å². The van der Waals surface area contributed by atoms with E-state index >= 15 is 0 Å². The fraction of sp³-hybridized carbons (Fsp3) is 0.333. The van der Waals surface area contributed by atoms with E-state index in [9.17, 15) is 22.8 Å². The zero-order valence-electron chi connectivity index (χ0n) is 18.0. The van der Waals surface area contributed by atoms with Crippen LogP contribution in [0.25, 0.3) is 0 Å². The first-order valence-corrected chi connectivity index (χ1v) is 9.77. The van der Waals surface area contributed by atoms with Gasteiger partial charge in [0.05, 0.1) is 0 Å². The van der Waals surface area contributed by atoms with Crippen molar-refractivity contribution < 1.29 is 13.2 Å². The van der Waals surface area contributed by atoms with Crippen LogP contribution in [-0.4, -0.2) is 19.9 Å². The first-order chi connectivity index (χ1) is 14.9. The van der Waals surface area contributed by atoms with E-state index in [0.717, 1.165) is 6.07 Å². The smallest absolute Gasteiger partial charge is 0.366 e. The van der Waals surface area contributed by atoms with Gasteiger partial charge in [0, 0.05) is 41.7 Å². The summed E-state index contributed by atoms with van der Waals surface area (Å²) in [4.78, 5) is 37.3. The Morgan fingerprint density at radius 1 is 0.812 bits per heavy atom. The quantitative estimate of drug-likeness (QED) is 0.460. The Balaban J connectivity index is 1.87. The lowest BCUT2D eigenvalue weighted by Crippen LogP contribution is -2.21. The van der Waals surface area contributed by atoms with Gasteiger partial charge in [0.25, 0.3) is 11.1 Å². The molecule has 0 spiro atoms. The van der Waals surface area contributed by atoms with Crippen LogP contribution in [0.4, 0.5) is 24.9 Å². The molecule has 0 atom stereocenters. The topological polar surface area (TPSA) is 116 Å². The molecule has 0 aliphatic carbocycles. The van der Waals surface area contributed by atoms with Gasteiger partial charge in [0.15, 0.2) is 5.69 Å². The molecule has 3 heterocycles. The first kappa shape index (κ1) is 23.0. The van der Waals surface area contributed by atoms with Gasteiger partial charge >= 0.3 is 6.18 Å². The van der Waals surface area contributed by atoms with Gasteiger partial charge in [-0.05, 0) is 51.0 Å². The molecule has 170 valence electrons. The predicted molar refractivity (Wildman–Crippen MR) is 115 cm³/mol. The van der Waals surface area contributed by atoms with Crippen LogP contribution in [0, 0.1) is 27.7 Å². The van der Waals surface area contributed by atoms with E-state index in [1.807, 2.05) is 0 Å². The summed E-state index contributed by atoms with van der Waals surface area (Å²) < 4.78 is 40.1. The largest absolute Gasteiger partial charge is 0.433 e. The number of pyridine rings is 2. The Hall–Kier alpha value is -3.63. The van der Waals surface area contributed by atoms with Crippen molar-refractivity contribution in [2.75, 3.05) is 10.6 Å². The third kappa shape index (κ3) is 5.34. The van der Waals surface area contributed by atoms with E-state index in [0.29, 0.717) is 33.6 Å². The molecule has 8 nitrogen and oxygen atoms in total. The van der Waals surface area contributed by atoms with Crippen LogP contribution >= 0.6 is 0 Å².